The van der Waals surface area contributed by atoms with Crippen LogP contribution in [0.5, 0.6) is 0 Å². The number of benzene rings is 2. The summed E-state index contributed by atoms with van der Waals surface area (Å²) < 4.78 is 18.8. The minimum Gasteiger partial charge on any atom is -0.419 e. The first-order chi connectivity index (χ1) is 12.7. The van der Waals surface area contributed by atoms with Crippen LogP contribution in [0.25, 0.3) is 11.5 Å². The van der Waals surface area contributed by atoms with Gasteiger partial charge in [-0.3, -0.25) is 4.90 Å². The predicted octanol–water partition coefficient (Wildman–Crippen LogP) is 3.51. The van der Waals surface area contributed by atoms with E-state index in [1.165, 1.54) is 23.4 Å². The second-order valence-corrected chi connectivity index (χ2v) is 6.56. The van der Waals surface area contributed by atoms with Crippen molar-refractivity contribution >= 4 is 5.69 Å². The smallest absolute Gasteiger partial charge is 0.247 e. The summed E-state index contributed by atoms with van der Waals surface area (Å²) >= 11 is 0. The molecule has 134 valence electrons. The molecular weight excluding hydrogens is 331 g/mol. The maximum Gasteiger partial charge on any atom is 0.247 e. The molecule has 2 heterocycles. The van der Waals surface area contributed by atoms with Crippen LogP contribution in [0, 0.1) is 12.7 Å². The van der Waals surface area contributed by atoms with Crippen molar-refractivity contribution < 1.29 is 8.81 Å². The van der Waals surface area contributed by atoms with Crippen molar-refractivity contribution in [3.05, 3.63) is 65.8 Å². The SMILES string of the molecule is Cc1ccccc1N1CCN(Cc2nnc(-c3ccc(F)cc3)o2)CC1. The zero-order valence-electron chi connectivity index (χ0n) is 14.7. The second-order valence-electron chi connectivity index (χ2n) is 6.56. The van der Waals surface area contributed by atoms with E-state index in [9.17, 15) is 4.39 Å². The number of aromatic nitrogens is 2. The Morgan fingerprint density at radius 3 is 2.42 bits per heavy atom. The van der Waals surface area contributed by atoms with E-state index in [1.54, 1.807) is 12.1 Å². The van der Waals surface area contributed by atoms with Crippen LogP contribution in [0.2, 0.25) is 0 Å². The van der Waals surface area contributed by atoms with Crippen LogP contribution >= 0.6 is 0 Å². The van der Waals surface area contributed by atoms with Crippen molar-refractivity contribution in [1.29, 1.82) is 0 Å². The van der Waals surface area contributed by atoms with E-state index in [4.69, 9.17) is 4.42 Å². The van der Waals surface area contributed by atoms with Gasteiger partial charge in [-0.15, -0.1) is 10.2 Å². The summed E-state index contributed by atoms with van der Waals surface area (Å²) in [5.41, 5.74) is 3.35. The van der Waals surface area contributed by atoms with Crippen LogP contribution in [0.4, 0.5) is 10.1 Å². The molecular formula is C20H21FN4O. The molecule has 26 heavy (non-hydrogen) atoms. The second kappa shape index (κ2) is 7.25. The summed E-state index contributed by atoms with van der Waals surface area (Å²) in [5, 5.41) is 8.21. The first-order valence-electron chi connectivity index (χ1n) is 8.80. The van der Waals surface area contributed by atoms with Gasteiger partial charge in [-0.25, -0.2) is 4.39 Å². The van der Waals surface area contributed by atoms with Gasteiger partial charge in [-0.2, -0.15) is 0 Å². The molecule has 0 unspecified atom stereocenters. The molecule has 0 amide bonds. The van der Waals surface area contributed by atoms with E-state index < -0.39 is 0 Å². The van der Waals surface area contributed by atoms with Gasteiger partial charge in [0.15, 0.2) is 0 Å². The predicted molar refractivity (Wildman–Crippen MR) is 98.4 cm³/mol. The lowest BCUT2D eigenvalue weighted by Gasteiger charge is -2.36. The molecule has 1 aliphatic heterocycles. The topological polar surface area (TPSA) is 45.4 Å². The maximum absolute atomic E-state index is 13.0. The average molecular weight is 352 g/mol. The molecule has 0 N–H and O–H groups in total. The number of hydrogen-bond acceptors (Lipinski definition) is 5. The Labute approximate surface area is 152 Å². The van der Waals surface area contributed by atoms with E-state index in [2.05, 4.69) is 51.2 Å². The van der Waals surface area contributed by atoms with E-state index in [-0.39, 0.29) is 5.82 Å². The standard InChI is InChI=1S/C20H21FN4O/c1-15-4-2-3-5-18(15)25-12-10-24(11-13-25)14-19-22-23-20(26-19)16-6-8-17(21)9-7-16/h2-9H,10-14H2,1H3. The van der Waals surface area contributed by atoms with Crippen LogP contribution in [-0.4, -0.2) is 41.3 Å². The summed E-state index contributed by atoms with van der Waals surface area (Å²) in [5.74, 6) is 0.743. The molecule has 4 rings (SSSR count). The number of piperazine rings is 1. The molecule has 1 fully saturated rings. The number of rotatable bonds is 4. The highest BCUT2D eigenvalue weighted by Gasteiger charge is 2.20. The van der Waals surface area contributed by atoms with Crippen LogP contribution in [-0.2, 0) is 6.54 Å². The van der Waals surface area contributed by atoms with Gasteiger partial charge in [0.1, 0.15) is 5.82 Å². The molecule has 1 aromatic heterocycles. The maximum atomic E-state index is 13.0. The van der Waals surface area contributed by atoms with Crippen LogP contribution in [0.1, 0.15) is 11.5 Å². The molecule has 0 saturated carbocycles. The third-order valence-corrected chi connectivity index (χ3v) is 4.75. The Kier molecular flexibility index (Phi) is 4.67. The summed E-state index contributed by atoms with van der Waals surface area (Å²) in [6, 6.07) is 14.6. The van der Waals surface area contributed by atoms with Gasteiger partial charge < -0.3 is 9.32 Å². The van der Waals surface area contributed by atoms with Crippen molar-refractivity contribution in [2.24, 2.45) is 0 Å². The number of hydrogen-bond donors (Lipinski definition) is 0. The molecule has 0 spiro atoms. The Balaban J connectivity index is 1.36. The molecule has 6 heteroatoms. The highest BCUT2D eigenvalue weighted by Crippen LogP contribution is 2.22. The third kappa shape index (κ3) is 3.60. The Morgan fingerprint density at radius 1 is 0.962 bits per heavy atom. The monoisotopic (exact) mass is 352 g/mol. The van der Waals surface area contributed by atoms with Gasteiger partial charge in [0.2, 0.25) is 11.8 Å². The molecule has 2 aromatic carbocycles. The summed E-state index contributed by atoms with van der Waals surface area (Å²) in [4.78, 5) is 4.74. The summed E-state index contributed by atoms with van der Waals surface area (Å²) in [6.07, 6.45) is 0. The lowest BCUT2D eigenvalue weighted by Crippen LogP contribution is -2.46. The molecule has 0 atom stereocenters. The number of nitrogens with zero attached hydrogens (tertiary/aromatic N) is 4. The summed E-state index contributed by atoms with van der Waals surface area (Å²) in [6.45, 7) is 6.63. The normalized spacial score (nSPS) is 15.4. The fourth-order valence-corrected chi connectivity index (χ4v) is 3.28. The number of anilines is 1. The first kappa shape index (κ1) is 16.7. The van der Waals surface area contributed by atoms with Crippen molar-refractivity contribution in [2.75, 3.05) is 31.1 Å². The Hall–Kier alpha value is -2.73. The van der Waals surface area contributed by atoms with Crippen molar-refractivity contribution in [3.8, 4) is 11.5 Å². The van der Waals surface area contributed by atoms with Crippen LogP contribution in [0.15, 0.2) is 52.9 Å². The summed E-state index contributed by atoms with van der Waals surface area (Å²) in [7, 11) is 0. The molecule has 3 aromatic rings. The van der Waals surface area contributed by atoms with Crippen molar-refractivity contribution in [2.45, 2.75) is 13.5 Å². The van der Waals surface area contributed by atoms with Crippen LogP contribution in [0.3, 0.4) is 0 Å². The van der Waals surface area contributed by atoms with Gasteiger partial charge in [-0.1, -0.05) is 18.2 Å². The van der Waals surface area contributed by atoms with Crippen LogP contribution < -0.4 is 4.90 Å². The highest BCUT2D eigenvalue weighted by atomic mass is 19.1. The van der Waals surface area contributed by atoms with Gasteiger partial charge in [0, 0.05) is 37.4 Å². The molecule has 0 radical (unpaired) electrons. The Bertz CT molecular complexity index is 870. The lowest BCUT2D eigenvalue weighted by molar-refractivity contribution is 0.227. The lowest BCUT2D eigenvalue weighted by atomic mass is 10.1. The van der Waals surface area contributed by atoms with Crippen molar-refractivity contribution in [1.82, 2.24) is 15.1 Å². The van der Waals surface area contributed by atoms with Gasteiger partial charge >= 0.3 is 0 Å². The van der Waals surface area contributed by atoms with Gasteiger partial charge in [-0.05, 0) is 42.8 Å². The number of aryl methyl sites for hydroxylation is 1. The fourth-order valence-electron chi connectivity index (χ4n) is 3.28. The zero-order valence-corrected chi connectivity index (χ0v) is 14.7. The van der Waals surface area contributed by atoms with E-state index in [0.29, 0.717) is 18.3 Å². The number of halogens is 1. The molecule has 1 saturated heterocycles. The van der Waals surface area contributed by atoms with E-state index in [1.807, 2.05) is 0 Å². The zero-order chi connectivity index (χ0) is 17.9. The van der Waals surface area contributed by atoms with Gasteiger partial charge in [0.25, 0.3) is 0 Å². The van der Waals surface area contributed by atoms with Gasteiger partial charge in [0.05, 0.1) is 6.54 Å². The minimum absolute atomic E-state index is 0.278. The van der Waals surface area contributed by atoms with Crippen molar-refractivity contribution in [3.63, 3.8) is 0 Å². The fraction of sp³-hybridized carbons (Fsp3) is 0.300. The molecule has 0 aliphatic carbocycles. The number of para-hydroxylation sites is 1. The Morgan fingerprint density at radius 2 is 1.69 bits per heavy atom. The molecule has 5 nitrogen and oxygen atoms in total. The highest BCUT2D eigenvalue weighted by molar-refractivity contribution is 5.53. The molecule has 0 bridgehead atoms. The van der Waals surface area contributed by atoms with E-state index >= 15 is 0 Å². The molecule has 1 aliphatic rings. The largest absolute Gasteiger partial charge is 0.419 e. The first-order valence-corrected chi connectivity index (χ1v) is 8.80. The quantitative estimate of drug-likeness (QED) is 0.719. The average Bonchev–Trinajstić information content (AvgIpc) is 3.12. The minimum atomic E-state index is -0.278. The third-order valence-electron chi connectivity index (χ3n) is 4.75. The van der Waals surface area contributed by atoms with E-state index in [0.717, 1.165) is 31.7 Å².